The van der Waals surface area contributed by atoms with Crippen LogP contribution in [0.5, 0.6) is 11.5 Å². The van der Waals surface area contributed by atoms with Crippen molar-refractivity contribution < 1.29 is 41.0 Å². The number of aromatic nitrogens is 2. The summed E-state index contributed by atoms with van der Waals surface area (Å²) in [4.78, 5) is 17.0. The molecule has 1 fully saturated rings. The maximum Gasteiger partial charge on any atom is 0.417 e. The molecule has 0 N–H and O–H groups in total. The van der Waals surface area contributed by atoms with E-state index in [9.17, 15) is 23.2 Å². The number of fused-ring (bicyclic) bond motifs is 1. The van der Waals surface area contributed by atoms with Gasteiger partial charge in [0.1, 0.15) is 23.9 Å². The van der Waals surface area contributed by atoms with Crippen LogP contribution in [0.15, 0.2) is 48.8 Å². The third-order valence-electron chi connectivity index (χ3n) is 8.28. The van der Waals surface area contributed by atoms with Crippen LogP contribution in [-0.2, 0) is 33.6 Å². The maximum absolute atomic E-state index is 15.4. The topological polar surface area (TPSA) is 86.4 Å². The highest BCUT2D eigenvalue weighted by Crippen LogP contribution is 2.42. The van der Waals surface area contributed by atoms with Crippen molar-refractivity contribution in [1.29, 1.82) is 5.26 Å². The Labute approximate surface area is 276 Å². The molecular weight excluding hydrogens is 649 g/mol. The van der Waals surface area contributed by atoms with E-state index in [4.69, 9.17) is 14.2 Å². The minimum absolute atomic E-state index is 0.0114. The van der Waals surface area contributed by atoms with E-state index in [1.165, 1.54) is 24.5 Å². The second kappa shape index (κ2) is 13.8. The Morgan fingerprint density at radius 1 is 1.12 bits per heavy atom. The van der Waals surface area contributed by atoms with Crippen LogP contribution in [0.3, 0.4) is 0 Å². The molecule has 2 aromatic heterocycles. The number of nitriles is 1. The van der Waals surface area contributed by atoms with Gasteiger partial charge in [-0.15, -0.1) is 0 Å². The Hall–Kier alpha value is -4.12. The lowest BCUT2D eigenvalue weighted by Gasteiger charge is -2.37. The van der Waals surface area contributed by atoms with Crippen molar-refractivity contribution in [1.82, 2.24) is 9.55 Å². The van der Waals surface area contributed by atoms with Crippen molar-refractivity contribution in [2.45, 2.75) is 64.8 Å². The van der Waals surface area contributed by atoms with Gasteiger partial charge in [-0.1, -0.05) is 32.6 Å². The Balaban J connectivity index is 1.50. The zero-order chi connectivity index (χ0) is 34.9. The summed E-state index contributed by atoms with van der Waals surface area (Å²) in [5, 5.41) is 9.49. The number of pyridine rings is 1. The highest BCUT2D eigenvalue weighted by molar-refractivity contribution is 6.76. The first kappa shape index (κ1) is 35.2. The third-order valence-corrected chi connectivity index (χ3v) is 9.99. The van der Waals surface area contributed by atoms with Crippen molar-refractivity contribution >= 4 is 24.9 Å². The van der Waals surface area contributed by atoms with E-state index in [-0.39, 0.29) is 64.2 Å². The van der Waals surface area contributed by atoms with Gasteiger partial charge in [0.15, 0.2) is 17.4 Å². The first-order chi connectivity index (χ1) is 22.6. The van der Waals surface area contributed by atoms with Crippen LogP contribution in [0.25, 0.3) is 22.2 Å². The Bertz CT molecular complexity index is 1850. The summed E-state index contributed by atoms with van der Waals surface area (Å²) in [5.74, 6) is -3.05. The van der Waals surface area contributed by atoms with Gasteiger partial charge in [-0.05, 0) is 53.9 Å². The molecule has 0 bridgehead atoms. The number of halogens is 5. The van der Waals surface area contributed by atoms with E-state index in [0.717, 1.165) is 30.3 Å². The van der Waals surface area contributed by atoms with Gasteiger partial charge in [-0.3, -0.25) is 4.79 Å². The number of benzene rings is 2. The molecule has 0 radical (unpaired) electrons. The predicted octanol–water partition coefficient (Wildman–Crippen LogP) is 8.90. The molecule has 5 rings (SSSR count). The number of rotatable bonds is 13. The fraction of sp³-hybridized carbons (Fsp3) is 0.400. The standard InChI is InChI=1S/C35H36F5N3O4Si/c1-34(19-46-20-34)9-7-25(44)13-22-14-28(36)32(29(37)15-22)47-30-8-10-42-33-31(30)26(18-43(33)21-45-11-12-48(2,3)4)23-5-6-24(17-41)27(16-23)35(38,39)40/h5-6,8,10,14-16,18H,7,9,11-13,19-21H2,1-4H3. The van der Waals surface area contributed by atoms with E-state index >= 15 is 8.78 Å². The van der Waals surface area contributed by atoms with E-state index in [2.05, 4.69) is 24.6 Å². The Kier molecular flexibility index (Phi) is 10.1. The Morgan fingerprint density at radius 3 is 2.44 bits per heavy atom. The molecular formula is C35H36F5N3O4Si. The quantitative estimate of drug-likeness (QED) is 0.0794. The summed E-state index contributed by atoms with van der Waals surface area (Å²) in [5.41, 5.74) is -1.03. The first-order valence-corrected chi connectivity index (χ1v) is 19.2. The van der Waals surface area contributed by atoms with E-state index < -0.39 is 42.8 Å². The van der Waals surface area contributed by atoms with Crippen LogP contribution < -0.4 is 4.74 Å². The highest BCUT2D eigenvalue weighted by Gasteiger charge is 2.35. The van der Waals surface area contributed by atoms with Gasteiger partial charge in [-0.2, -0.15) is 18.4 Å². The number of hydrogen-bond acceptors (Lipinski definition) is 6. The number of nitrogens with zero attached hydrogens (tertiary/aromatic N) is 3. The number of Topliss-reactive ketones (excluding diaryl/α,β-unsaturated/α-hetero) is 1. The van der Waals surface area contributed by atoms with Crippen molar-refractivity contribution in [2.75, 3.05) is 19.8 Å². The normalized spacial score (nSPS) is 14.5. The minimum atomic E-state index is -4.81. The molecule has 4 aromatic rings. The van der Waals surface area contributed by atoms with Crippen LogP contribution >= 0.6 is 0 Å². The SMILES string of the molecule is CC1(CCC(=O)Cc2cc(F)c(Oc3ccnc4c3c(-c3ccc(C#N)c(C(F)(F)F)c3)cn4COCC[Si](C)(C)C)c(F)c2)COC1. The molecule has 0 spiro atoms. The summed E-state index contributed by atoms with van der Waals surface area (Å²) in [6, 6.07) is 9.17. The second-order valence-electron chi connectivity index (χ2n) is 13.7. The first-order valence-electron chi connectivity index (χ1n) is 15.5. The minimum Gasteiger partial charge on any atom is -0.450 e. The molecule has 7 nitrogen and oxygen atoms in total. The number of carbonyl (C=O) groups is 1. The average molecular weight is 686 g/mol. The van der Waals surface area contributed by atoms with Gasteiger partial charge >= 0.3 is 6.18 Å². The smallest absolute Gasteiger partial charge is 0.417 e. The van der Waals surface area contributed by atoms with Gasteiger partial charge in [-0.25, -0.2) is 13.8 Å². The molecule has 0 amide bonds. The largest absolute Gasteiger partial charge is 0.450 e. The molecule has 1 aliphatic heterocycles. The lowest BCUT2D eigenvalue weighted by Crippen LogP contribution is -2.40. The van der Waals surface area contributed by atoms with Crippen molar-refractivity contribution in [2.24, 2.45) is 5.41 Å². The van der Waals surface area contributed by atoms with Gasteiger partial charge in [0.2, 0.25) is 0 Å². The molecule has 0 atom stereocenters. The van der Waals surface area contributed by atoms with Crippen molar-refractivity contribution in [3.05, 3.63) is 77.1 Å². The summed E-state index contributed by atoms with van der Waals surface area (Å²) in [6.45, 7) is 10.2. The summed E-state index contributed by atoms with van der Waals surface area (Å²) >= 11 is 0. The van der Waals surface area contributed by atoms with Crippen LogP contribution in [0, 0.1) is 28.4 Å². The van der Waals surface area contributed by atoms with Gasteiger partial charge < -0.3 is 18.8 Å². The van der Waals surface area contributed by atoms with Crippen LogP contribution in [-0.4, -0.2) is 43.2 Å². The molecule has 48 heavy (non-hydrogen) atoms. The lowest BCUT2D eigenvalue weighted by molar-refractivity contribution is -0.137. The molecule has 0 unspecified atom stereocenters. The zero-order valence-corrected chi connectivity index (χ0v) is 28.1. The number of alkyl halides is 3. The molecule has 1 aliphatic rings. The summed E-state index contributed by atoms with van der Waals surface area (Å²) in [7, 11) is -1.41. The van der Waals surface area contributed by atoms with Crippen molar-refractivity contribution in [3.63, 3.8) is 0 Å². The van der Waals surface area contributed by atoms with E-state index in [1.54, 1.807) is 10.6 Å². The fourth-order valence-electron chi connectivity index (χ4n) is 5.45. The molecule has 2 aromatic carbocycles. The van der Waals surface area contributed by atoms with Gasteiger partial charge in [0.05, 0.1) is 35.8 Å². The molecule has 0 aliphatic carbocycles. The second-order valence-corrected chi connectivity index (χ2v) is 19.4. The predicted molar refractivity (Wildman–Crippen MR) is 172 cm³/mol. The summed E-state index contributed by atoms with van der Waals surface area (Å²) in [6.07, 6.45) is -1.20. The number of hydrogen-bond donors (Lipinski definition) is 0. The maximum atomic E-state index is 15.4. The van der Waals surface area contributed by atoms with Gasteiger partial charge in [0, 0.05) is 50.9 Å². The summed E-state index contributed by atoms with van der Waals surface area (Å²) < 4.78 is 91.0. The fourth-order valence-corrected chi connectivity index (χ4v) is 6.20. The van der Waals surface area contributed by atoms with Crippen LogP contribution in [0.2, 0.25) is 25.7 Å². The average Bonchev–Trinajstić information content (AvgIpc) is 3.37. The molecule has 13 heteroatoms. The van der Waals surface area contributed by atoms with E-state index in [1.807, 2.05) is 6.92 Å². The Morgan fingerprint density at radius 2 is 1.83 bits per heavy atom. The highest BCUT2D eigenvalue weighted by atomic mass is 28.3. The number of carbonyl (C=O) groups excluding carboxylic acids is 1. The van der Waals surface area contributed by atoms with E-state index in [0.29, 0.717) is 26.2 Å². The van der Waals surface area contributed by atoms with Crippen molar-refractivity contribution in [3.8, 4) is 28.7 Å². The molecule has 254 valence electrons. The molecule has 3 heterocycles. The van der Waals surface area contributed by atoms with Crippen LogP contribution in [0.4, 0.5) is 22.0 Å². The number of ketones is 1. The molecule has 0 saturated carbocycles. The third kappa shape index (κ3) is 8.11. The molecule has 1 saturated heterocycles. The number of ether oxygens (including phenoxy) is 3. The zero-order valence-electron chi connectivity index (χ0n) is 27.1. The monoisotopic (exact) mass is 685 g/mol. The lowest BCUT2D eigenvalue weighted by atomic mass is 9.82. The van der Waals surface area contributed by atoms with Gasteiger partial charge in [0.25, 0.3) is 0 Å². The van der Waals surface area contributed by atoms with Crippen LogP contribution in [0.1, 0.15) is 36.5 Å².